The highest BCUT2D eigenvalue weighted by atomic mass is 16.5. The molecule has 7 nitrogen and oxygen atoms in total. The Hall–Kier alpha value is -3.71. The number of imidazole rings is 1. The zero-order valence-corrected chi connectivity index (χ0v) is 16.6. The number of nitrogens with one attached hydrogen (secondary N) is 1. The summed E-state index contributed by atoms with van der Waals surface area (Å²) in [7, 11) is 1.62. The lowest BCUT2D eigenvalue weighted by Gasteiger charge is -2.09. The second-order valence-corrected chi connectivity index (χ2v) is 6.60. The minimum atomic E-state index is -0.155. The van der Waals surface area contributed by atoms with Crippen molar-refractivity contribution in [2.75, 3.05) is 20.3 Å². The summed E-state index contributed by atoms with van der Waals surface area (Å²) in [6.45, 7) is 1.14. The average molecular weight is 402 g/mol. The van der Waals surface area contributed by atoms with E-state index in [1.165, 1.54) is 0 Å². The number of benzene rings is 2. The summed E-state index contributed by atoms with van der Waals surface area (Å²) in [5.41, 5.74) is 3.78. The second-order valence-electron chi connectivity index (χ2n) is 6.60. The summed E-state index contributed by atoms with van der Waals surface area (Å²) in [5, 5.41) is 7.54. The number of carbonyl (C=O) groups is 1. The van der Waals surface area contributed by atoms with E-state index >= 15 is 0 Å². The minimum absolute atomic E-state index is 0.155. The normalized spacial score (nSPS) is 10.8. The smallest absolute Gasteiger partial charge is 0.251 e. The molecule has 0 radical (unpaired) electrons. The van der Waals surface area contributed by atoms with Gasteiger partial charge < -0.3 is 14.8 Å². The van der Waals surface area contributed by atoms with Gasteiger partial charge >= 0.3 is 0 Å². The van der Waals surface area contributed by atoms with E-state index in [0.29, 0.717) is 30.3 Å². The van der Waals surface area contributed by atoms with Crippen molar-refractivity contribution in [3.05, 3.63) is 84.1 Å². The van der Waals surface area contributed by atoms with Crippen molar-refractivity contribution in [2.24, 2.45) is 0 Å². The van der Waals surface area contributed by atoms with E-state index in [4.69, 9.17) is 14.5 Å². The van der Waals surface area contributed by atoms with Crippen LogP contribution < -0.4 is 10.1 Å². The van der Waals surface area contributed by atoms with E-state index < -0.39 is 0 Å². The van der Waals surface area contributed by atoms with Gasteiger partial charge in [-0.25, -0.2) is 9.50 Å². The lowest BCUT2D eigenvalue weighted by Crippen LogP contribution is -2.24. The van der Waals surface area contributed by atoms with Crippen molar-refractivity contribution in [1.29, 1.82) is 0 Å². The van der Waals surface area contributed by atoms with Crippen LogP contribution in [0.1, 0.15) is 16.1 Å². The van der Waals surface area contributed by atoms with Crippen LogP contribution in [0.5, 0.6) is 5.88 Å². The van der Waals surface area contributed by atoms with Gasteiger partial charge in [0, 0.05) is 24.3 Å². The molecular weight excluding hydrogens is 380 g/mol. The van der Waals surface area contributed by atoms with Gasteiger partial charge in [0.05, 0.1) is 24.5 Å². The maximum Gasteiger partial charge on any atom is 0.251 e. The Bertz CT molecular complexity index is 1130. The summed E-state index contributed by atoms with van der Waals surface area (Å²) in [5.74, 6) is 0.309. The molecule has 2 aromatic heterocycles. The number of rotatable bonds is 8. The van der Waals surface area contributed by atoms with Crippen molar-refractivity contribution in [3.8, 4) is 17.1 Å². The summed E-state index contributed by atoms with van der Waals surface area (Å²) in [6, 6.07) is 22.6. The molecule has 1 amide bonds. The standard InChI is InChI=1S/C23H22N4O3/c1-29-14-15-30-21-13-12-20-25-22(17-8-4-2-5-9-17)19(27(20)26-21)16-24-23(28)18-10-6-3-7-11-18/h2-13H,14-16H2,1H3,(H,24,28). The first-order chi connectivity index (χ1) is 14.8. The summed E-state index contributed by atoms with van der Waals surface area (Å²) < 4.78 is 12.4. The van der Waals surface area contributed by atoms with E-state index in [1.807, 2.05) is 54.6 Å². The van der Waals surface area contributed by atoms with E-state index in [2.05, 4.69) is 10.4 Å². The highest BCUT2D eigenvalue weighted by Gasteiger charge is 2.17. The van der Waals surface area contributed by atoms with Gasteiger partial charge in [-0.05, 0) is 18.2 Å². The van der Waals surface area contributed by atoms with Gasteiger partial charge in [-0.3, -0.25) is 4.79 Å². The third kappa shape index (κ3) is 4.31. The van der Waals surface area contributed by atoms with Crippen molar-refractivity contribution < 1.29 is 14.3 Å². The van der Waals surface area contributed by atoms with Crippen LogP contribution in [0, 0.1) is 0 Å². The van der Waals surface area contributed by atoms with Crippen LogP contribution in [-0.4, -0.2) is 40.8 Å². The molecule has 30 heavy (non-hydrogen) atoms. The molecule has 7 heteroatoms. The van der Waals surface area contributed by atoms with Gasteiger partial charge in [0.15, 0.2) is 5.65 Å². The lowest BCUT2D eigenvalue weighted by atomic mass is 10.1. The van der Waals surface area contributed by atoms with Gasteiger partial charge in [-0.2, -0.15) is 0 Å². The predicted molar refractivity (Wildman–Crippen MR) is 113 cm³/mol. The second kappa shape index (κ2) is 9.19. The third-order valence-electron chi connectivity index (χ3n) is 4.58. The molecule has 0 saturated heterocycles. The molecule has 4 rings (SSSR count). The number of methoxy groups -OCH3 is 1. The Labute approximate surface area is 174 Å². The van der Waals surface area contributed by atoms with Crippen LogP contribution in [0.2, 0.25) is 0 Å². The van der Waals surface area contributed by atoms with E-state index in [1.54, 1.807) is 29.8 Å². The summed E-state index contributed by atoms with van der Waals surface area (Å²) in [4.78, 5) is 17.3. The largest absolute Gasteiger partial charge is 0.474 e. The zero-order chi connectivity index (χ0) is 20.8. The zero-order valence-electron chi connectivity index (χ0n) is 16.6. The molecular formula is C23H22N4O3. The Kier molecular flexibility index (Phi) is 6.01. The van der Waals surface area contributed by atoms with Crippen LogP contribution in [0.3, 0.4) is 0 Å². The summed E-state index contributed by atoms with van der Waals surface area (Å²) in [6.07, 6.45) is 0. The molecule has 0 saturated carbocycles. The molecule has 0 fully saturated rings. The van der Waals surface area contributed by atoms with Crippen LogP contribution in [-0.2, 0) is 11.3 Å². The maximum atomic E-state index is 12.6. The average Bonchev–Trinajstić information content (AvgIpc) is 3.16. The fourth-order valence-electron chi connectivity index (χ4n) is 3.11. The van der Waals surface area contributed by atoms with E-state index in [0.717, 1.165) is 17.0 Å². The van der Waals surface area contributed by atoms with Crippen molar-refractivity contribution in [2.45, 2.75) is 6.54 Å². The Morgan fingerprint density at radius 1 is 0.967 bits per heavy atom. The first-order valence-electron chi connectivity index (χ1n) is 9.65. The van der Waals surface area contributed by atoms with Crippen LogP contribution in [0.4, 0.5) is 0 Å². The Balaban J connectivity index is 1.68. The molecule has 0 spiro atoms. The first kappa shape index (κ1) is 19.6. The van der Waals surface area contributed by atoms with Gasteiger partial charge in [0.1, 0.15) is 6.61 Å². The van der Waals surface area contributed by atoms with Crippen LogP contribution in [0.15, 0.2) is 72.8 Å². The number of amides is 1. The molecule has 2 heterocycles. The van der Waals surface area contributed by atoms with Crippen LogP contribution in [0.25, 0.3) is 16.9 Å². The predicted octanol–water partition coefficient (Wildman–Crippen LogP) is 3.35. The number of aromatic nitrogens is 3. The Morgan fingerprint density at radius 3 is 2.43 bits per heavy atom. The highest BCUT2D eigenvalue weighted by Crippen LogP contribution is 2.25. The fraction of sp³-hybridized carbons (Fsp3) is 0.174. The van der Waals surface area contributed by atoms with Crippen molar-refractivity contribution >= 4 is 11.6 Å². The molecule has 0 aliphatic carbocycles. The number of carbonyl (C=O) groups excluding carboxylic acids is 1. The van der Waals surface area contributed by atoms with Crippen LogP contribution >= 0.6 is 0 Å². The number of hydrogen-bond donors (Lipinski definition) is 1. The van der Waals surface area contributed by atoms with Gasteiger partial charge in [-0.1, -0.05) is 48.5 Å². The van der Waals surface area contributed by atoms with Gasteiger partial charge in [0.2, 0.25) is 5.88 Å². The van der Waals surface area contributed by atoms with Crippen molar-refractivity contribution in [3.63, 3.8) is 0 Å². The molecule has 152 valence electrons. The quantitative estimate of drug-likeness (QED) is 0.457. The molecule has 2 aromatic carbocycles. The SMILES string of the molecule is COCCOc1ccc2nc(-c3ccccc3)c(CNC(=O)c3ccccc3)n2n1. The number of fused-ring (bicyclic) bond motifs is 1. The topological polar surface area (TPSA) is 77.8 Å². The molecule has 0 bridgehead atoms. The molecule has 0 atom stereocenters. The third-order valence-corrected chi connectivity index (χ3v) is 4.58. The van der Waals surface area contributed by atoms with E-state index in [-0.39, 0.29) is 12.5 Å². The molecule has 0 aliphatic heterocycles. The molecule has 1 N–H and O–H groups in total. The summed E-state index contributed by atoms with van der Waals surface area (Å²) >= 11 is 0. The fourth-order valence-corrected chi connectivity index (χ4v) is 3.11. The molecule has 4 aromatic rings. The Morgan fingerprint density at radius 2 is 1.70 bits per heavy atom. The first-order valence-corrected chi connectivity index (χ1v) is 9.65. The number of hydrogen-bond acceptors (Lipinski definition) is 5. The molecule has 0 unspecified atom stereocenters. The monoisotopic (exact) mass is 402 g/mol. The number of nitrogens with zero attached hydrogens (tertiary/aromatic N) is 3. The van der Waals surface area contributed by atoms with Gasteiger partial charge in [-0.15, -0.1) is 5.10 Å². The highest BCUT2D eigenvalue weighted by molar-refractivity contribution is 5.94. The molecule has 0 aliphatic rings. The van der Waals surface area contributed by atoms with Gasteiger partial charge in [0.25, 0.3) is 5.91 Å². The minimum Gasteiger partial charge on any atom is -0.474 e. The maximum absolute atomic E-state index is 12.6. The van der Waals surface area contributed by atoms with E-state index in [9.17, 15) is 4.79 Å². The number of ether oxygens (including phenoxy) is 2. The lowest BCUT2D eigenvalue weighted by molar-refractivity contribution is 0.0950. The van der Waals surface area contributed by atoms with Crippen molar-refractivity contribution in [1.82, 2.24) is 19.9 Å².